The Hall–Kier alpha value is -3.16. The number of para-hydroxylation sites is 1. The van der Waals surface area contributed by atoms with Crippen molar-refractivity contribution in [1.29, 1.82) is 0 Å². The molecule has 0 saturated heterocycles. The fraction of sp³-hybridized carbons (Fsp3) is 0.296. The Bertz CT molecular complexity index is 1380. The second-order valence-electron chi connectivity index (χ2n) is 8.31. The Labute approximate surface area is 203 Å². The summed E-state index contributed by atoms with van der Waals surface area (Å²) in [4.78, 5) is 31.5. The van der Waals surface area contributed by atoms with Gasteiger partial charge in [0.25, 0.3) is 5.56 Å². The van der Waals surface area contributed by atoms with Gasteiger partial charge in [-0.05, 0) is 44.5 Å². The smallest absolute Gasteiger partial charge is 0.262 e. The number of Topliss-reactive ketones (excluding diaryl/α,β-unsaturated/α-hetero) is 1. The average molecular weight is 476 g/mol. The summed E-state index contributed by atoms with van der Waals surface area (Å²) in [6.07, 6.45) is 0. The van der Waals surface area contributed by atoms with Crippen molar-refractivity contribution >= 4 is 28.4 Å². The summed E-state index contributed by atoms with van der Waals surface area (Å²) in [5, 5.41) is 1.12. The first kappa shape index (κ1) is 24.0. The lowest BCUT2D eigenvalue weighted by molar-refractivity contribution is 0.102. The highest BCUT2D eigenvalue weighted by Gasteiger charge is 2.21. The molecule has 176 valence electrons. The summed E-state index contributed by atoms with van der Waals surface area (Å²) < 4.78 is 9.00. The number of ketones is 1. The number of aromatic nitrogens is 3. The Morgan fingerprint density at radius 3 is 2.53 bits per heavy atom. The van der Waals surface area contributed by atoms with Crippen LogP contribution in [0.2, 0.25) is 0 Å². The maximum atomic E-state index is 13.5. The van der Waals surface area contributed by atoms with Crippen molar-refractivity contribution in [2.75, 3.05) is 19.5 Å². The van der Waals surface area contributed by atoms with Crippen LogP contribution in [-0.2, 0) is 11.3 Å². The van der Waals surface area contributed by atoms with Gasteiger partial charge in [0.15, 0.2) is 10.9 Å². The van der Waals surface area contributed by atoms with Crippen LogP contribution in [-0.4, -0.2) is 39.4 Å². The largest absolute Gasteiger partial charge is 0.383 e. The van der Waals surface area contributed by atoms with E-state index in [1.54, 1.807) is 17.7 Å². The number of fused-ring (bicyclic) bond motifs is 1. The molecule has 0 fully saturated rings. The first-order valence-electron chi connectivity index (χ1n) is 11.3. The number of methoxy groups -OCH3 is 1. The molecule has 2 aromatic heterocycles. The zero-order valence-electron chi connectivity index (χ0n) is 19.9. The van der Waals surface area contributed by atoms with E-state index < -0.39 is 0 Å². The summed E-state index contributed by atoms with van der Waals surface area (Å²) in [5.41, 5.74) is 4.21. The molecule has 4 rings (SSSR count). The first-order valence-corrected chi connectivity index (χ1v) is 12.3. The summed E-state index contributed by atoms with van der Waals surface area (Å²) in [5.74, 6) is 0.212. The minimum absolute atomic E-state index is 0.0167. The van der Waals surface area contributed by atoms with Gasteiger partial charge in [0, 0.05) is 30.6 Å². The number of hydrogen-bond donors (Lipinski definition) is 0. The number of carbonyl (C=O) groups excluding carboxylic acids is 1. The highest BCUT2D eigenvalue weighted by molar-refractivity contribution is 7.99. The number of aryl methyl sites for hydroxylation is 1. The number of thioether (sulfide) groups is 1. The first-order chi connectivity index (χ1) is 16.4. The maximum Gasteiger partial charge on any atom is 0.262 e. The number of ether oxygens (including phenoxy) is 1. The fourth-order valence-corrected chi connectivity index (χ4v) is 5.23. The minimum atomic E-state index is -0.220. The summed E-state index contributed by atoms with van der Waals surface area (Å²) in [6, 6.07) is 18.9. The normalized spacial score (nSPS) is 12.2. The van der Waals surface area contributed by atoms with Crippen molar-refractivity contribution in [3.63, 3.8) is 0 Å². The molecule has 2 aromatic carbocycles. The van der Waals surface area contributed by atoms with Crippen LogP contribution in [0, 0.1) is 13.8 Å². The molecule has 7 heteroatoms. The number of hydrogen-bond acceptors (Lipinski definition) is 5. The SMILES string of the molecule is COCCn1c(C)cc(C(=O)CSc2nc3ccccc3c(=O)n2[C@H](C)c2ccccc2)c1C. The molecule has 6 nitrogen and oxygen atoms in total. The molecule has 0 aliphatic rings. The van der Waals surface area contributed by atoms with Gasteiger partial charge >= 0.3 is 0 Å². The predicted molar refractivity (Wildman–Crippen MR) is 137 cm³/mol. The second-order valence-corrected chi connectivity index (χ2v) is 9.26. The van der Waals surface area contributed by atoms with E-state index >= 15 is 0 Å². The van der Waals surface area contributed by atoms with Crippen molar-refractivity contribution in [3.05, 3.63) is 93.5 Å². The Kier molecular flexibility index (Phi) is 7.34. The lowest BCUT2D eigenvalue weighted by Gasteiger charge is -2.20. The van der Waals surface area contributed by atoms with Gasteiger partial charge in [-0.25, -0.2) is 4.98 Å². The van der Waals surface area contributed by atoms with Gasteiger partial charge in [-0.1, -0.05) is 54.2 Å². The van der Waals surface area contributed by atoms with Gasteiger partial charge in [-0.3, -0.25) is 14.2 Å². The number of nitrogens with zero attached hydrogens (tertiary/aromatic N) is 3. The molecular formula is C27H29N3O3S. The molecule has 1 atom stereocenters. The third-order valence-electron chi connectivity index (χ3n) is 6.17. The van der Waals surface area contributed by atoms with E-state index in [0.29, 0.717) is 34.8 Å². The molecule has 2 heterocycles. The third-order valence-corrected chi connectivity index (χ3v) is 7.12. The molecule has 0 unspecified atom stereocenters. The van der Waals surface area contributed by atoms with E-state index in [-0.39, 0.29) is 23.1 Å². The molecular weight excluding hydrogens is 446 g/mol. The zero-order valence-corrected chi connectivity index (χ0v) is 20.8. The van der Waals surface area contributed by atoms with Gasteiger partial charge in [-0.15, -0.1) is 0 Å². The second kappa shape index (κ2) is 10.4. The van der Waals surface area contributed by atoms with E-state index in [1.165, 1.54) is 11.8 Å². The Morgan fingerprint density at radius 2 is 1.79 bits per heavy atom. The highest BCUT2D eigenvalue weighted by Crippen LogP contribution is 2.26. The molecule has 0 N–H and O–H groups in total. The molecule has 0 saturated carbocycles. The minimum Gasteiger partial charge on any atom is -0.383 e. The summed E-state index contributed by atoms with van der Waals surface area (Å²) in [7, 11) is 1.67. The summed E-state index contributed by atoms with van der Waals surface area (Å²) >= 11 is 1.31. The van der Waals surface area contributed by atoms with Gasteiger partial charge in [0.2, 0.25) is 0 Å². The molecule has 0 aliphatic heterocycles. The van der Waals surface area contributed by atoms with E-state index in [1.807, 2.05) is 75.4 Å². The van der Waals surface area contributed by atoms with Crippen molar-refractivity contribution < 1.29 is 9.53 Å². The molecule has 4 aromatic rings. The van der Waals surface area contributed by atoms with E-state index in [0.717, 1.165) is 17.0 Å². The van der Waals surface area contributed by atoms with Crippen molar-refractivity contribution in [3.8, 4) is 0 Å². The summed E-state index contributed by atoms with van der Waals surface area (Å²) in [6.45, 7) is 7.24. The zero-order chi connectivity index (χ0) is 24.2. The topological polar surface area (TPSA) is 66.1 Å². The van der Waals surface area contributed by atoms with Crippen molar-refractivity contribution in [2.24, 2.45) is 0 Å². The molecule has 0 spiro atoms. The van der Waals surface area contributed by atoms with Crippen LogP contribution in [0.1, 0.15) is 40.3 Å². The fourth-order valence-electron chi connectivity index (χ4n) is 4.27. The quantitative estimate of drug-likeness (QED) is 0.193. The standard InChI is InChI=1S/C27H29N3O3S/c1-18-16-23(20(3)29(18)14-15-33-4)25(31)17-34-27-28-24-13-9-8-12-22(24)26(32)30(27)19(2)21-10-6-5-7-11-21/h5-13,16,19H,14-15,17H2,1-4H3/t19-/m1/s1. The van der Waals surface area contributed by atoms with Crippen LogP contribution in [0.5, 0.6) is 0 Å². The monoisotopic (exact) mass is 475 g/mol. The Balaban J connectivity index is 1.68. The van der Waals surface area contributed by atoms with E-state index in [4.69, 9.17) is 9.72 Å². The molecule has 0 bridgehead atoms. The third kappa shape index (κ3) is 4.72. The number of rotatable bonds is 9. The lowest BCUT2D eigenvalue weighted by atomic mass is 10.1. The highest BCUT2D eigenvalue weighted by atomic mass is 32.2. The van der Waals surface area contributed by atoms with Gasteiger partial charge in [-0.2, -0.15) is 0 Å². The van der Waals surface area contributed by atoms with Gasteiger partial charge in [0.05, 0.1) is 29.3 Å². The van der Waals surface area contributed by atoms with Crippen molar-refractivity contribution in [2.45, 2.75) is 38.5 Å². The number of benzene rings is 2. The molecule has 0 radical (unpaired) electrons. The van der Waals surface area contributed by atoms with E-state index in [9.17, 15) is 9.59 Å². The van der Waals surface area contributed by atoms with Crippen LogP contribution in [0.3, 0.4) is 0 Å². The van der Waals surface area contributed by atoms with Crippen LogP contribution in [0.4, 0.5) is 0 Å². The van der Waals surface area contributed by atoms with Gasteiger partial charge in [0.1, 0.15) is 0 Å². The lowest BCUT2D eigenvalue weighted by Crippen LogP contribution is -2.27. The van der Waals surface area contributed by atoms with Crippen LogP contribution in [0.15, 0.2) is 70.6 Å². The van der Waals surface area contributed by atoms with Crippen molar-refractivity contribution in [1.82, 2.24) is 14.1 Å². The molecule has 0 aliphatic carbocycles. The predicted octanol–water partition coefficient (Wildman–Crippen LogP) is 5.05. The molecule has 0 amide bonds. The van der Waals surface area contributed by atoms with Crippen LogP contribution >= 0.6 is 11.8 Å². The average Bonchev–Trinajstić information content (AvgIpc) is 3.14. The van der Waals surface area contributed by atoms with Crippen LogP contribution < -0.4 is 5.56 Å². The Morgan fingerprint density at radius 1 is 1.09 bits per heavy atom. The van der Waals surface area contributed by atoms with Crippen LogP contribution in [0.25, 0.3) is 10.9 Å². The maximum absolute atomic E-state index is 13.5. The van der Waals surface area contributed by atoms with E-state index in [2.05, 4.69) is 4.57 Å². The number of carbonyl (C=O) groups is 1. The molecule has 34 heavy (non-hydrogen) atoms. The van der Waals surface area contributed by atoms with Gasteiger partial charge < -0.3 is 9.30 Å².